The van der Waals surface area contributed by atoms with Gasteiger partial charge in [-0.15, -0.1) is 0 Å². The van der Waals surface area contributed by atoms with Crippen molar-refractivity contribution in [3.63, 3.8) is 0 Å². The van der Waals surface area contributed by atoms with Crippen LogP contribution in [0.5, 0.6) is 0 Å². The van der Waals surface area contributed by atoms with Crippen molar-refractivity contribution in [3.05, 3.63) is 11.1 Å². The number of fused-ring (bicyclic) bond motifs is 6. The Bertz CT molecular complexity index is 790. The van der Waals surface area contributed by atoms with E-state index in [1.807, 2.05) is 11.1 Å². The minimum atomic E-state index is -0.117. The van der Waals surface area contributed by atoms with Gasteiger partial charge in [-0.1, -0.05) is 66.5 Å². The Morgan fingerprint density at radius 1 is 0.742 bits per heavy atom. The Morgan fingerprint density at radius 3 is 2.10 bits per heavy atom. The van der Waals surface area contributed by atoms with E-state index in [0.29, 0.717) is 27.6 Å². The van der Waals surface area contributed by atoms with Crippen LogP contribution in [0.4, 0.5) is 0 Å². The van der Waals surface area contributed by atoms with E-state index in [1.54, 1.807) is 0 Å². The van der Waals surface area contributed by atoms with Crippen LogP contribution in [-0.4, -0.2) is 11.2 Å². The van der Waals surface area contributed by atoms with Crippen molar-refractivity contribution in [2.75, 3.05) is 0 Å². The SMILES string of the molecule is CC(C)[C@H]1CCC2=C3CC[C@@H]4[C@@]5(C)CC[C@@H](O)C(C)(C)[C@@H]5CC[C@@]4(C)[C@]3(C)CC[C@@]21C. The summed E-state index contributed by atoms with van der Waals surface area (Å²) in [6, 6.07) is 0. The fourth-order valence-electron chi connectivity index (χ4n) is 11.2. The summed E-state index contributed by atoms with van der Waals surface area (Å²) in [5.41, 5.74) is 5.61. The van der Waals surface area contributed by atoms with Gasteiger partial charge >= 0.3 is 0 Å². The van der Waals surface area contributed by atoms with Gasteiger partial charge in [0.15, 0.2) is 0 Å². The van der Waals surface area contributed by atoms with E-state index >= 15 is 0 Å². The number of aliphatic hydroxyl groups excluding tert-OH is 1. The van der Waals surface area contributed by atoms with Gasteiger partial charge in [0.25, 0.3) is 0 Å². The monoisotopic (exact) mass is 426 g/mol. The lowest BCUT2D eigenvalue weighted by molar-refractivity contribution is -0.204. The molecule has 5 rings (SSSR count). The number of allylic oxidation sites excluding steroid dienone is 2. The van der Waals surface area contributed by atoms with Gasteiger partial charge in [0.05, 0.1) is 6.10 Å². The minimum Gasteiger partial charge on any atom is -0.393 e. The van der Waals surface area contributed by atoms with Gasteiger partial charge < -0.3 is 5.11 Å². The molecule has 176 valence electrons. The van der Waals surface area contributed by atoms with Crippen LogP contribution in [0.15, 0.2) is 11.1 Å². The van der Waals surface area contributed by atoms with E-state index in [1.165, 1.54) is 57.8 Å². The summed E-state index contributed by atoms with van der Waals surface area (Å²) in [4.78, 5) is 0. The zero-order valence-corrected chi connectivity index (χ0v) is 21.9. The Hall–Kier alpha value is -0.300. The molecule has 1 N–H and O–H groups in total. The molecule has 4 fully saturated rings. The van der Waals surface area contributed by atoms with Crippen LogP contribution in [0.25, 0.3) is 0 Å². The molecule has 0 unspecified atom stereocenters. The van der Waals surface area contributed by atoms with Crippen LogP contribution in [0.3, 0.4) is 0 Å². The van der Waals surface area contributed by atoms with Gasteiger partial charge in [-0.2, -0.15) is 0 Å². The first kappa shape index (κ1) is 22.5. The van der Waals surface area contributed by atoms with Crippen molar-refractivity contribution in [2.24, 2.45) is 50.7 Å². The second kappa shape index (κ2) is 6.64. The third-order valence-electron chi connectivity index (χ3n) is 13.2. The molecule has 0 spiro atoms. The lowest BCUT2D eigenvalue weighted by Crippen LogP contribution is -2.63. The van der Waals surface area contributed by atoms with Gasteiger partial charge in [-0.25, -0.2) is 0 Å². The van der Waals surface area contributed by atoms with Crippen LogP contribution in [0, 0.1) is 50.7 Å². The van der Waals surface area contributed by atoms with Crippen molar-refractivity contribution in [3.8, 4) is 0 Å². The van der Waals surface area contributed by atoms with Gasteiger partial charge in [0.1, 0.15) is 0 Å². The third-order valence-corrected chi connectivity index (χ3v) is 13.2. The van der Waals surface area contributed by atoms with Crippen LogP contribution >= 0.6 is 0 Å². The molecular formula is C30H50O. The summed E-state index contributed by atoms with van der Waals surface area (Å²) in [5, 5.41) is 10.9. The van der Waals surface area contributed by atoms with Gasteiger partial charge in [-0.05, 0) is 115 Å². The molecule has 0 aromatic heterocycles. The molecule has 5 aliphatic carbocycles. The smallest absolute Gasteiger partial charge is 0.0594 e. The van der Waals surface area contributed by atoms with Crippen LogP contribution < -0.4 is 0 Å². The molecule has 1 heteroatoms. The number of hydrogen-bond acceptors (Lipinski definition) is 1. The first-order chi connectivity index (χ1) is 14.3. The average molecular weight is 427 g/mol. The second-order valence-electron chi connectivity index (χ2n) is 14.6. The third kappa shape index (κ3) is 2.60. The minimum absolute atomic E-state index is 0.0645. The number of rotatable bonds is 1. The first-order valence-electron chi connectivity index (χ1n) is 13.7. The van der Waals surface area contributed by atoms with Crippen molar-refractivity contribution in [1.82, 2.24) is 0 Å². The highest BCUT2D eigenvalue weighted by molar-refractivity contribution is 5.38. The zero-order chi connectivity index (χ0) is 22.6. The molecule has 31 heavy (non-hydrogen) atoms. The lowest BCUT2D eigenvalue weighted by Gasteiger charge is -2.70. The lowest BCUT2D eigenvalue weighted by atomic mass is 9.34. The van der Waals surface area contributed by atoms with E-state index in [0.717, 1.165) is 24.2 Å². The fraction of sp³-hybridized carbons (Fsp3) is 0.933. The Labute approximate surface area is 192 Å². The summed E-state index contributed by atoms with van der Waals surface area (Å²) in [5.74, 6) is 3.18. The molecule has 4 saturated carbocycles. The van der Waals surface area contributed by atoms with Gasteiger partial charge in [0.2, 0.25) is 0 Å². The van der Waals surface area contributed by atoms with Crippen LogP contribution in [-0.2, 0) is 0 Å². The van der Waals surface area contributed by atoms with Crippen LogP contribution in [0.1, 0.15) is 120 Å². The first-order valence-corrected chi connectivity index (χ1v) is 13.7. The highest BCUT2D eigenvalue weighted by Gasteiger charge is 2.67. The van der Waals surface area contributed by atoms with Crippen molar-refractivity contribution in [1.29, 1.82) is 0 Å². The second-order valence-corrected chi connectivity index (χ2v) is 14.6. The highest BCUT2D eigenvalue weighted by Crippen LogP contribution is 2.75. The van der Waals surface area contributed by atoms with Gasteiger partial charge in [-0.3, -0.25) is 0 Å². The molecule has 0 bridgehead atoms. The highest BCUT2D eigenvalue weighted by atomic mass is 16.3. The topological polar surface area (TPSA) is 20.2 Å². The van der Waals surface area contributed by atoms with E-state index in [-0.39, 0.29) is 11.5 Å². The maximum absolute atomic E-state index is 10.9. The molecule has 0 radical (unpaired) electrons. The molecule has 8 atom stereocenters. The Morgan fingerprint density at radius 2 is 1.42 bits per heavy atom. The number of hydrogen-bond donors (Lipinski definition) is 1. The molecule has 5 aliphatic rings. The maximum Gasteiger partial charge on any atom is 0.0594 e. The fourth-order valence-corrected chi connectivity index (χ4v) is 11.2. The summed E-state index contributed by atoms with van der Waals surface area (Å²) >= 11 is 0. The quantitative estimate of drug-likeness (QED) is 0.419. The van der Waals surface area contributed by atoms with Crippen molar-refractivity contribution < 1.29 is 5.11 Å². The molecular weight excluding hydrogens is 376 g/mol. The van der Waals surface area contributed by atoms with Crippen LogP contribution in [0.2, 0.25) is 0 Å². The summed E-state index contributed by atoms with van der Waals surface area (Å²) in [6.45, 7) is 20.4. The Balaban J connectivity index is 1.57. The summed E-state index contributed by atoms with van der Waals surface area (Å²) < 4.78 is 0. The zero-order valence-electron chi connectivity index (χ0n) is 21.9. The molecule has 0 aliphatic heterocycles. The standard InChI is InChI=1S/C30H50O/c1-19(2)20-9-10-21-22-11-12-24-28(6)15-14-25(31)26(3,4)23(28)13-16-30(24,8)29(22,7)18-17-27(20,21)5/h19-20,23-25,31H,9-18H2,1-8H3/t20-,23+,24-,25-,27-,28+,29-,30-/m1/s1. The van der Waals surface area contributed by atoms with E-state index in [4.69, 9.17) is 0 Å². The molecule has 0 aromatic rings. The molecule has 0 aromatic carbocycles. The van der Waals surface area contributed by atoms with E-state index < -0.39 is 0 Å². The van der Waals surface area contributed by atoms with E-state index in [9.17, 15) is 5.11 Å². The van der Waals surface area contributed by atoms with Crippen molar-refractivity contribution >= 4 is 0 Å². The maximum atomic E-state index is 10.9. The predicted molar refractivity (Wildman–Crippen MR) is 131 cm³/mol. The largest absolute Gasteiger partial charge is 0.393 e. The molecule has 1 nitrogen and oxygen atoms in total. The Kier molecular flexibility index (Phi) is 4.82. The summed E-state index contributed by atoms with van der Waals surface area (Å²) in [6.07, 6.45) is 13.2. The molecule has 0 amide bonds. The van der Waals surface area contributed by atoms with E-state index in [2.05, 4.69) is 55.4 Å². The van der Waals surface area contributed by atoms with Crippen molar-refractivity contribution in [2.45, 2.75) is 126 Å². The van der Waals surface area contributed by atoms with Gasteiger partial charge in [0, 0.05) is 0 Å². The average Bonchev–Trinajstić information content (AvgIpc) is 3.03. The summed E-state index contributed by atoms with van der Waals surface area (Å²) in [7, 11) is 0. The normalized spacial score (nSPS) is 53.6. The molecule has 0 heterocycles. The number of aliphatic hydroxyl groups is 1. The molecule has 0 saturated heterocycles. The predicted octanol–water partition coefficient (Wildman–Crippen LogP) is 8.17.